The highest BCUT2D eigenvalue weighted by Gasteiger charge is 2.39. The van der Waals surface area contributed by atoms with E-state index in [-0.39, 0.29) is 6.04 Å². The van der Waals surface area contributed by atoms with E-state index < -0.39 is 10.0 Å². The summed E-state index contributed by atoms with van der Waals surface area (Å²) in [6.07, 6.45) is 6.33. The highest BCUT2D eigenvalue weighted by Crippen LogP contribution is 2.30. The van der Waals surface area contributed by atoms with Crippen LogP contribution in [0.2, 0.25) is 0 Å². The van der Waals surface area contributed by atoms with Crippen LogP contribution in [-0.2, 0) is 10.0 Å². The van der Waals surface area contributed by atoms with Crippen molar-refractivity contribution in [2.45, 2.75) is 56.1 Å². The van der Waals surface area contributed by atoms with E-state index in [1.807, 2.05) is 13.8 Å². The third-order valence-corrected chi connectivity index (χ3v) is 6.67. The molecule has 2 aliphatic heterocycles. The smallest absolute Gasteiger partial charge is 0.246 e. The Balaban J connectivity index is 1.84. The van der Waals surface area contributed by atoms with E-state index in [1.54, 1.807) is 15.2 Å². The average molecular weight is 312 g/mol. The van der Waals surface area contributed by atoms with Crippen molar-refractivity contribution >= 4 is 10.0 Å². The molecule has 2 unspecified atom stereocenters. The van der Waals surface area contributed by atoms with Crippen LogP contribution in [0.25, 0.3) is 0 Å². The summed E-state index contributed by atoms with van der Waals surface area (Å²) in [5.41, 5.74) is 0. The summed E-state index contributed by atoms with van der Waals surface area (Å²) >= 11 is 0. The second kappa shape index (κ2) is 5.37. The van der Waals surface area contributed by atoms with Crippen molar-refractivity contribution in [1.82, 2.24) is 19.0 Å². The zero-order chi connectivity index (χ0) is 15.2. The maximum absolute atomic E-state index is 12.8. The van der Waals surface area contributed by atoms with Gasteiger partial charge in [0.25, 0.3) is 0 Å². The Kier molecular flexibility index (Phi) is 3.83. The van der Waals surface area contributed by atoms with Gasteiger partial charge in [-0.15, -0.1) is 0 Å². The Morgan fingerprint density at radius 3 is 2.62 bits per heavy atom. The molecule has 3 heterocycles. The minimum absolute atomic E-state index is 0.167. The SMILES string of the molecule is CC(C)n1cc(S(=O)(=O)N2CCC3CCC(C2)N3C)cn1. The fraction of sp³-hybridized carbons (Fsp3) is 0.786. The summed E-state index contributed by atoms with van der Waals surface area (Å²) in [5, 5.41) is 4.16. The quantitative estimate of drug-likeness (QED) is 0.845. The lowest BCUT2D eigenvalue weighted by molar-refractivity contribution is 0.246. The predicted octanol–water partition coefficient (Wildman–Crippen LogP) is 1.32. The van der Waals surface area contributed by atoms with Gasteiger partial charge in [0.05, 0.1) is 6.20 Å². The molecule has 2 saturated heterocycles. The zero-order valence-electron chi connectivity index (χ0n) is 12.9. The van der Waals surface area contributed by atoms with E-state index >= 15 is 0 Å². The summed E-state index contributed by atoms with van der Waals surface area (Å²) in [4.78, 5) is 2.67. The molecule has 1 aromatic heterocycles. The molecule has 118 valence electrons. The maximum Gasteiger partial charge on any atom is 0.246 e. The number of likely N-dealkylation sites (N-methyl/N-ethyl adjacent to an activating group) is 1. The molecule has 1 aromatic rings. The van der Waals surface area contributed by atoms with E-state index in [4.69, 9.17) is 0 Å². The summed E-state index contributed by atoms with van der Waals surface area (Å²) in [5.74, 6) is 0. The molecule has 7 heteroatoms. The molecular formula is C14H24N4O2S. The molecular weight excluding hydrogens is 288 g/mol. The van der Waals surface area contributed by atoms with Crippen LogP contribution in [0.1, 0.15) is 39.2 Å². The normalized spacial score (nSPS) is 28.2. The zero-order valence-corrected chi connectivity index (χ0v) is 13.8. The van der Waals surface area contributed by atoms with Crippen molar-refractivity contribution in [3.63, 3.8) is 0 Å². The van der Waals surface area contributed by atoms with Crippen molar-refractivity contribution in [3.8, 4) is 0 Å². The maximum atomic E-state index is 12.8. The van der Waals surface area contributed by atoms with Crippen LogP contribution in [0.5, 0.6) is 0 Å². The fourth-order valence-electron chi connectivity index (χ4n) is 3.38. The van der Waals surface area contributed by atoms with Gasteiger partial charge in [-0.25, -0.2) is 8.42 Å². The Bertz CT molecular complexity index is 610. The summed E-state index contributed by atoms with van der Waals surface area (Å²) in [6.45, 7) is 5.19. The van der Waals surface area contributed by atoms with Gasteiger partial charge in [0.1, 0.15) is 4.90 Å². The molecule has 21 heavy (non-hydrogen) atoms. The predicted molar refractivity (Wildman–Crippen MR) is 80.6 cm³/mol. The van der Waals surface area contributed by atoms with Gasteiger partial charge in [0.2, 0.25) is 10.0 Å². The second-order valence-corrected chi connectivity index (χ2v) is 8.39. The first-order chi connectivity index (χ1) is 9.89. The molecule has 0 aromatic carbocycles. The van der Waals surface area contributed by atoms with Crippen molar-refractivity contribution < 1.29 is 8.42 Å². The third kappa shape index (κ3) is 2.62. The molecule has 0 spiro atoms. The fourth-order valence-corrected chi connectivity index (χ4v) is 4.81. The van der Waals surface area contributed by atoms with Gasteiger partial charge in [-0.3, -0.25) is 9.58 Å². The largest absolute Gasteiger partial charge is 0.299 e. The van der Waals surface area contributed by atoms with E-state index in [0.717, 1.165) is 12.8 Å². The van der Waals surface area contributed by atoms with Crippen LogP contribution < -0.4 is 0 Å². The minimum Gasteiger partial charge on any atom is -0.299 e. The van der Waals surface area contributed by atoms with Gasteiger partial charge >= 0.3 is 0 Å². The Labute approximate surface area is 126 Å². The number of fused-ring (bicyclic) bond motifs is 2. The third-order valence-electron chi connectivity index (χ3n) is 4.86. The topological polar surface area (TPSA) is 58.4 Å². The van der Waals surface area contributed by atoms with Crippen LogP contribution in [0.4, 0.5) is 0 Å². The molecule has 3 rings (SSSR count). The first-order valence-corrected chi connectivity index (χ1v) is 9.10. The van der Waals surface area contributed by atoms with E-state index in [2.05, 4.69) is 17.0 Å². The van der Waals surface area contributed by atoms with Gasteiger partial charge < -0.3 is 0 Å². The molecule has 0 radical (unpaired) electrons. The number of hydrogen-bond donors (Lipinski definition) is 0. The van der Waals surface area contributed by atoms with Gasteiger partial charge in [-0.2, -0.15) is 9.40 Å². The molecule has 6 nitrogen and oxygen atoms in total. The number of nitrogens with zero attached hydrogens (tertiary/aromatic N) is 4. The first kappa shape index (κ1) is 15.0. The minimum atomic E-state index is -3.42. The van der Waals surface area contributed by atoms with E-state index in [1.165, 1.54) is 12.6 Å². The Hall–Kier alpha value is -0.920. The summed E-state index contributed by atoms with van der Waals surface area (Å²) in [7, 11) is -1.30. The van der Waals surface area contributed by atoms with E-state index in [0.29, 0.717) is 30.1 Å². The molecule has 0 amide bonds. The van der Waals surface area contributed by atoms with E-state index in [9.17, 15) is 8.42 Å². The molecule has 0 N–H and O–H groups in total. The van der Waals surface area contributed by atoms with Gasteiger partial charge in [0.15, 0.2) is 0 Å². The highest BCUT2D eigenvalue weighted by molar-refractivity contribution is 7.89. The van der Waals surface area contributed by atoms with Crippen molar-refractivity contribution in [2.24, 2.45) is 0 Å². The van der Waals surface area contributed by atoms with Gasteiger partial charge in [-0.05, 0) is 40.2 Å². The number of hydrogen-bond acceptors (Lipinski definition) is 4. The van der Waals surface area contributed by atoms with Crippen molar-refractivity contribution in [3.05, 3.63) is 12.4 Å². The van der Waals surface area contributed by atoms with Crippen molar-refractivity contribution in [2.75, 3.05) is 20.1 Å². The molecule has 0 saturated carbocycles. The monoisotopic (exact) mass is 312 g/mol. The molecule has 0 aliphatic carbocycles. The lowest BCUT2D eigenvalue weighted by Gasteiger charge is -2.24. The summed E-state index contributed by atoms with van der Waals surface area (Å²) in [6, 6.07) is 1.06. The molecule has 2 atom stereocenters. The Morgan fingerprint density at radius 1 is 1.24 bits per heavy atom. The number of aromatic nitrogens is 2. The van der Waals surface area contributed by atoms with Gasteiger partial charge in [-0.1, -0.05) is 0 Å². The van der Waals surface area contributed by atoms with Crippen LogP contribution in [-0.4, -0.2) is 59.6 Å². The molecule has 2 fully saturated rings. The van der Waals surface area contributed by atoms with Crippen LogP contribution in [0, 0.1) is 0 Å². The second-order valence-electron chi connectivity index (χ2n) is 6.45. The lowest BCUT2D eigenvalue weighted by Crippen LogP contribution is -2.39. The standard InChI is InChI=1S/C14H24N4O2S/c1-11(2)18-10-14(8-15-18)21(19,20)17-7-6-12-4-5-13(9-17)16(12)3/h8,10-13H,4-7,9H2,1-3H3. The summed E-state index contributed by atoms with van der Waals surface area (Å²) < 4.78 is 29.0. The van der Waals surface area contributed by atoms with Crippen LogP contribution >= 0.6 is 0 Å². The van der Waals surface area contributed by atoms with Gasteiger partial charge in [0, 0.05) is 37.4 Å². The Morgan fingerprint density at radius 2 is 1.95 bits per heavy atom. The molecule has 2 bridgehead atoms. The highest BCUT2D eigenvalue weighted by atomic mass is 32.2. The lowest BCUT2D eigenvalue weighted by atomic mass is 10.1. The van der Waals surface area contributed by atoms with Crippen molar-refractivity contribution in [1.29, 1.82) is 0 Å². The average Bonchev–Trinajstić information content (AvgIpc) is 2.96. The first-order valence-electron chi connectivity index (χ1n) is 7.66. The molecule has 2 aliphatic rings. The van der Waals surface area contributed by atoms with Crippen LogP contribution in [0.15, 0.2) is 17.3 Å². The number of sulfonamides is 1. The number of rotatable bonds is 3. The van der Waals surface area contributed by atoms with Crippen LogP contribution in [0.3, 0.4) is 0 Å².